The highest BCUT2D eigenvalue weighted by molar-refractivity contribution is 9.10. The Hall–Kier alpha value is -1.88. The highest BCUT2D eigenvalue weighted by atomic mass is 79.9. The first-order valence-corrected chi connectivity index (χ1v) is 7.71. The van der Waals surface area contributed by atoms with Crippen LogP contribution in [0.5, 0.6) is 0 Å². The number of halogens is 1. The van der Waals surface area contributed by atoms with Gasteiger partial charge in [0.2, 0.25) is 5.78 Å². The van der Waals surface area contributed by atoms with Crippen LogP contribution in [0, 0.1) is 0 Å². The third-order valence-electron chi connectivity index (χ3n) is 3.35. The minimum Gasteiger partial charge on any atom is -0.446 e. The lowest BCUT2D eigenvalue weighted by molar-refractivity contribution is 0.0962. The molecule has 0 aliphatic rings. The molecular formula is C16H15BrN2O2. The van der Waals surface area contributed by atoms with Crippen LogP contribution in [0.3, 0.4) is 0 Å². The summed E-state index contributed by atoms with van der Waals surface area (Å²) in [5, 5.41) is 0. The van der Waals surface area contributed by atoms with E-state index in [1.165, 1.54) is 0 Å². The summed E-state index contributed by atoms with van der Waals surface area (Å²) in [6.45, 7) is 2.97. The van der Waals surface area contributed by atoms with Gasteiger partial charge in [-0.2, -0.15) is 0 Å². The molecule has 5 heteroatoms. The Morgan fingerprint density at radius 2 is 2.10 bits per heavy atom. The summed E-state index contributed by atoms with van der Waals surface area (Å²) in [6.07, 6.45) is 1.24. The molecule has 0 radical (unpaired) electrons. The largest absolute Gasteiger partial charge is 0.446 e. The maximum absolute atomic E-state index is 12.3. The van der Waals surface area contributed by atoms with Gasteiger partial charge in [0.05, 0.1) is 17.5 Å². The fourth-order valence-corrected chi connectivity index (χ4v) is 2.73. The molecule has 3 rings (SSSR count). The van der Waals surface area contributed by atoms with E-state index in [0.717, 1.165) is 29.8 Å². The molecule has 0 atom stereocenters. The van der Waals surface area contributed by atoms with Gasteiger partial charge in [0, 0.05) is 6.54 Å². The van der Waals surface area contributed by atoms with Gasteiger partial charge in [-0.3, -0.25) is 4.79 Å². The van der Waals surface area contributed by atoms with Crippen molar-refractivity contribution in [1.29, 1.82) is 0 Å². The zero-order chi connectivity index (χ0) is 14.8. The van der Waals surface area contributed by atoms with Crippen LogP contribution in [0.2, 0.25) is 0 Å². The summed E-state index contributed by atoms with van der Waals surface area (Å²) in [5.74, 6) is 1.08. The Morgan fingerprint density at radius 3 is 2.81 bits per heavy atom. The lowest BCUT2D eigenvalue weighted by Crippen LogP contribution is -2.10. The van der Waals surface area contributed by atoms with Crippen molar-refractivity contribution in [3.05, 3.63) is 52.7 Å². The molecule has 0 bridgehead atoms. The highest BCUT2D eigenvalue weighted by Crippen LogP contribution is 2.20. The van der Waals surface area contributed by atoms with Gasteiger partial charge < -0.3 is 8.98 Å². The van der Waals surface area contributed by atoms with Crippen molar-refractivity contribution in [2.75, 3.05) is 0 Å². The maximum atomic E-state index is 12.3. The van der Waals surface area contributed by atoms with Gasteiger partial charge in [-0.15, -0.1) is 0 Å². The average molecular weight is 347 g/mol. The molecule has 0 aliphatic heterocycles. The summed E-state index contributed by atoms with van der Waals surface area (Å²) in [5.41, 5.74) is 2.00. The van der Waals surface area contributed by atoms with Crippen LogP contribution in [0.1, 0.15) is 29.7 Å². The minimum absolute atomic E-state index is 0.0617. The monoisotopic (exact) mass is 346 g/mol. The Bertz CT molecular complexity index is 789. The average Bonchev–Trinajstić information content (AvgIpc) is 3.04. The molecule has 2 aromatic heterocycles. The van der Waals surface area contributed by atoms with Crippen LogP contribution in [-0.4, -0.2) is 15.3 Å². The highest BCUT2D eigenvalue weighted by Gasteiger charge is 2.17. The molecule has 0 aliphatic carbocycles. The molecule has 4 nitrogen and oxygen atoms in total. The molecule has 0 saturated heterocycles. The normalized spacial score (nSPS) is 11.1. The zero-order valence-corrected chi connectivity index (χ0v) is 13.3. The smallest absolute Gasteiger partial charge is 0.205 e. The summed E-state index contributed by atoms with van der Waals surface area (Å²) in [6, 6.07) is 11.4. The number of para-hydroxylation sites is 2. The number of rotatable bonds is 5. The molecule has 108 valence electrons. The van der Waals surface area contributed by atoms with E-state index >= 15 is 0 Å². The van der Waals surface area contributed by atoms with Crippen LogP contribution in [0.25, 0.3) is 11.0 Å². The number of Topliss-reactive ketones (excluding diaryl/α,β-unsaturated/α-hetero) is 1. The predicted molar refractivity (Wildman–Crippen MR) is 84.5 cm³/mol. The molecule has 0 unspecified atom stereocenters. The Labute approximate surface area is 130 Å². The van der Waals surface area contributed by atoms with Crippen molar-refractivity contribution >= 4 is 32.7 Å². The molecule has 21 heavy (non-hydrogen) atoms. The maximum Gasteiger partial charge on any atom is 0.205 e. The van der Waals surface area contributed by atoms with Crippen molar-refractivity contribution in [3.8, 4) is 0 Å². The second-order valence-corrected chi connectivity index (χ2v) is 5.65. The molecule has 0 spiro atoms. The number of hydrogen-bond acceptors (Lipinski definition) is 3. The quantitative estimate of drug-likeness (QED) is 0.649. The van der Waals surface area contributed by atoms with E-state index in [9.17, 15) is 4.79 Å². The van der Waals surface area contributed by atoms with E-state index in [1.54, 1.807) is 12.1 Å². The number of nitrogens with zero attached hydrogens (tertiary/aromatic N) is 2. The number of carbonyl (C=O) groups excluding carboxylic acids is 1. The van der Waals surface area contributed by atoms with E-state index in [-0.39, 0.29) is 12.2 Å². The van der Waals surface area contributed by atoms with Gasteiger partial charge >= 0.3 is 0 Å². The lowest BCUT2D eigenvalue weighted by Gasteiger charge is -2.06. The minimum atomic E-state index is -0.0617. The summed E-state index contributed by atoms with van der Waals surface area (Å²) >= 11 is 3.21. The number of benzene rings is 1. The van der Waals surface area contributed by atoms with Crippen molar-refractivity contribution < 1.29 is 9.21 Å². The van der Waals surface area contributed by atoms with E-state index < -0.39 is 0 Å². The first kappa shape index (κ1) is 14.1. The number of imidazole rings is 1. The van der Waals surface area contributed by atoms with Gasteiger partial charge in [-0.25, -0.2) is 4.98 Å². The van der Waals surface area contributed by atoms with Crippen LogP contribution in [0.4, 0.5) is 0 Å². The molecule has 0 fully saturated rings. The number of carbonyl (C=O) groups is 1. The Morgan fingerprint density at radius 1 is 1.29 bits per heavy atom. The second-order valence-electron chi connectivity index (χ2n) is 4.87. The van der Waals surface area contributed by atoms with Gasteiger partial charge in [-0.1, -0.05) is 19.1 Å². The summed E-state index contributed by atoms with van der Waals surface area (Å²) in [4.78, 5) is 16.9. The van der Waals surface area contributed by atoms with Crippen molar-refractivity contribution in [1.82, 2.24) is 9.55 Å². The number of aromatic nitrogens is 2. The molecule has 2 heterocycles. The molecule has 3 aromatic rings. The van der Waals surface area contributed by atoms with Crippen LogP contribution in [0.15, 0.2) is 45.5 Å². The standard InChI is InChI=1S/C16H15BrN2O2/c1-2-9-19-12-6-4-3-5-11(12)18-16(19)10-13(20)14-7-8-15(17)21-14/h3-8H,2,9-10H2,1H3. The van der Waals surface area contributed by atoms with E-state index in [0.29, 0.717) is 10.4 Å². The SMILES string of the molecule is CCCn1c(CC(=O)c2ccc(Br)o2)nc2ccccc21. The molecule has 0 saturated carbocycles. The van der Waals surface area contributed by atoms with Crippen molar-refractivity contribution in [2.45, 2.75) is 26.3 Å². The molecule has 1 aromatic carbocycles. The first-order valence-electron chi connectivity index (χ1n) is 6.91. The molecule has 0 amide bonds. The number of aryl methyl sites for hydroxylation is 1. The van der Waals surface area contributed by atoms with E-state index in [4.69, 9.17) is 4.42 Å². The van der Waals surface area contributed by atoms with E-state index in [2.05, 4.69) is 32.4 Å². The first-order chi connectivity index (χ1) is 10.2. The molecule has 0 N–H and O–H groups in total. The predicted octanol–water partition coefficient (Wildman–Crippen LogP) is 4.23. The number of furan rings is 1. The van der Waals surface area contributed by atoms with Crippen LogP contribution < -0.4 is 0 Å². The third-order valence-corrected chi connectivity index (χ3v) is 3.77. The fourth-order valence-electron chi connectivity index (χ4n) is 2.43. The number of hydrogen-bond donors (Lipinski definition) is 0. The number of ketones is 1. The zero-order valence-electron chi connectivity index (χ0n) is 11.7. The fraction of sp³-hybridized carbons (Fsp3) is 0.250. The second kappa shape index (κ2) is 5.85. The number of fused-ring (bicyclic) bond motifs is 1. The van der Waals surface area contributed by atoms with Crippen LogP contribution >= 0.6 is 15.9 Å². The summed E-state index contributed by atoms with van der Waals surface area (Å²) in [7, 11) is 0. The van der Waals surface area contributed by atoms with Gasteiger partial charge in [0.25, 0.3) is 0 Å². The third kappa shape index (κ3) is 2.78. The summed E-state index contributed by atoms with van der Waals surface area (Å²) < 4.78 is 8.00. The van der Waals surface area contributed by atoms with Crippen LogP contribution in [-0.2, 0) is 13.0 Å². The van der Waals surface area contributed by atoms with E-state index in [1.807, 2.05) is 24.3 Å². The Kier molecular flexibility index (Phi) is 3.92. The Balaban J connectivity index is 1.96. The van der Waals surface area contributed by atoms with Gasteiger partial charge in [0.15, 0.2) is 10.4 Å². The van der Waals surface area contributed by atoms with Crippen molar-refractivity contribution in [2.24, 2.45) is 0 Å². The van der Waals surface area contributed by atoms with Crippen molar-refractivity contribution in [3.63, 3.8) is 0 Å². The molecular weight excluding hydrogens is 332 g/mol. The van der Waals surface area contributed by atoms with Gasteiger partial charge in [-0.05, 0) is 46.6 Å². The lowest BCUT2D eigenvalue weighted by atomic mass is 10.2. The van der Waals surface area contributed by atoms with Gasteiger partial charge in [0.1, 0.15) is 5.82 Å². The topological polar surface area (TPSA) is 48.0 Å².